The SMILES string of the molecule is CC=O.[CH-]=O.[CH2-]C(O)C(O)CC.[Y].[Y]. The van der Waals surface area contributed by atoms with E-state index >= 15 is 0 Å². The van der Waals surface area contributed by atoms with Gasteiger partial charge in [0.1, 0.15) is 6.29 Å². The van der Waals surface area contributed by atoms with Crippen LogP contribution in [0, 0.1) is 6.92 Å². The summed E-state index contributed by atoms with van der Waals surface area (Å²) in [6, 6.07) is 0. The molecule has 0 aliphatic heterocycles. The maximum absolute atomic E-state index is 8.81. The van der Waals surface area contributed by atoms with Crippen molar-refractivity contribution in [3.63, 3.8) is 0 Å². The molecule has 0 aliphatic rings. The maximum atomic E-state index is 8.81. The molecule has 0 heterocycles. The first-order valence-corrected chi connectivity index (χ1v) is 3.42. The van der Waals surface area contributed by atoms with E-state index in [0.29, 0.717) is 6.42 Å². The van der Waals surface area contributed by atoms with Gasteiger partial charge in [0, 0.05) is 65.4 Å². The number of rotatable bonds is 2. The Hall–Kier alpha value is 1.47. The van der Waals surface area contributed by atoms with Crippen LogP contribution in [0.4, 0.5) is 0 Å². The molecule has 0 amide bonds. The molecule has 0 rings (SSSR count). The normalized spacial score (nSPS) is 10.6. The third kappa shape index (κ3) is 37.5. The van der Waals surface area contributed by atoms with Crippen LogP contribution in [0.15, 0.2) is 0 Å². The zero-order chi connectivity index (χ0) is 10.6. The van der Waals surface area contributed by atoms with Crippen molar-refractivity contribution in [2.45, 2.75) is 32.5 Å². The van der Waals surface area contributed by atoms with Gasteiger partial charge in [0.15, 0.2) is 0 Å². The maximum Gasteiger partial charge on any atom is 0.116 e. The van der Waals surface area contributed by atoms with E-state index in [2.05, 4.69) is 13.7 Å². The number of aliphatic hydroxyl groups is 2. The van der Waals surface area contributed by atoms with Gasteiger partial charge in [-0.25, -0.2) is 0 Å². The van der Waals surface area contributed by atoms with Crippen LogP contribution in [0.2, 0.25) is 0 Å². The van der Waals surface area contributed by atoms with Crippen LogP contribution in [0.25, 0.3) is 0 Å². The molecule has 0 fully saturated rings. The van der Waals surface area contributed by atoms with Gasteiger partial charge >= 0.3 is 0 Å². The van der Waals surface area contributed by atoms with Crippen LogP contribution in [0.1, 0.15) is 20.3 Å². The van der Waals surface area contributed by atoms with Crippen molar-refractivity contribution in [3.8, 4) is 0 Å². The van der Waals surface area contributed by atoms with Crippen molar-refractivity contribution >= 4 is 13.1 Å². The molecule has 0 bridgehead atoms. The topological polar surface area (TPSA) is 74.6 Å². The fraction of sp³-hybridized carbons (Fsp3) is 0.625. The summed E-state index contributed by atoms with van der Waals surface area (Å²) in [6.07, 6.45) is -0.171. The van der Waals surface area contributed by atoms with E-state index in [0.717, 1.165) is 6.29 Å². The Morgan fingerprint density at radius 1 is 1.36 bits per heavy atom. The van der Waals surface area contributed by atoms with E-state index in [4.69, 9.17) is 19.8 Å². The van der Waals surface area contributed by atoms with Gasteiger partial charge < -0.3 is 26.7 Å². The van der Waals surface area contributed by atoms with Gasteiger partial charge in [0.2, 0.25) is 0 Å². The van der Waals surface area contributed by atoms with E-state index in [1.165, 1.54) is 6.92 Å². The molecule has 2 atom stereocenters. The Kier molecular flexibility index (Phi) is 61.8. The number of carbonyl (C=O) groups excluding carboxylic acids is 2. The number of hydrogen-bond donors (Lipinski definition) is 2. The molecule has 2 unspecified atom stereocenters. The Labute approximate surface area is 136 Å². The standard InChI is InChI=1S/C5H11O2.C2H4O.CHO.2Y/c1-3-5(7)4(2)6;1-2-3;1-2;;/h4-7H,2-3H2,1H3;2H,1H3;1H;;/q-1;;-1;;. The molecule has 0 aromatic heterocycles. The molecule has 2 radical (unpaired) electrons. The zero-order valence-electron chi connectivity index (χ0n) is 8.59. The number of hydrogen-bond acceptors (Lipinski definition) is 4. The van der Waals surface area contributed by atoms with Crippen molar-refractivity contribution < 1.29 is 85.2 Å². The molecular weight excluding hydrogens is 338 g/mol. The van der Waals surface area contributed by atoms with Gasteiger partial charge in [-0.3, -0.25) is 6.79 Å². The van der Waals surface area contributed by atoms with Crippen molar-refractivity contribution in [1.82, 2.24) is 0 Å². The quantitative estimate of drug-likeness (QED) is 0.536. The van der Waals surface area contributed by atoms with Gasteiger partial charge in [0.05, 0.1) is 6.10 Å². The van der Waals surface area contributed by atoms with Gasteiger partial charge in [-0.05, 0) is 19.4 Å². The molecule has 0 saturated carbocycles. The fourth-order valence-electron chi connectivity index (χ4n) is 0.272. The first kappa shape index (κ1) is 29.5. The van der Waals surface area contributed by atoms with Crippen LogP contribution >= 0.6 is 0 Å². The molecule has 0 aromatic carbocycles. The third-order valence-corrected chi connectivity index (χ3v) is 0.862. The summed E-state index contributed by atoms with van der Waals surface area (Å²) in [6.45, 7) is 9.70. The largest absolute Gasteiger partial charge is 0.545 e. The minimum atomic E-state index is -0.829. The van der Waals surface area contributed by atoms with E-state index in [-0.39, 0.29) is 65.4 Å². The summed E-state index contributed by atoms with van der Waals surface area (Å²) in [5, 5.41) is 17.1. The van der Waals surface area contributed by atoms with E-state index < -0.39 is 12.2 Å². The molecule has 6 heteroatoms. The minimum Gasteiger partial charge on any atom is -0.545 e. The number of carbonyl (C=O) groups is 1. The second kappa shape index (κ2) is 29.3. The number of aliphatic hydroxyl groups excluding tert-OH is 2. The first-order valence-electron chi connectivity index (χ1n) is 3.42. The molecule has 2 N–H and O–H groups in total. The summed E-state index contributed by atoms with van der Waals surface area (Å²) in [7, 11) is 0. The van der Waals surface area contributed by atoms with Gasteiger partial charge in [-0.2, -0.15) is 0 Å². The van der Waals surface area contributed by atoms with Crippen LogP contribution in [-0.2, 0) is 75.0 Å². The Morgan fingerprint density at radius 2 is 1.57 bits per heavy atom. The predicted molar refractivity (Wildman–Crippen MR) is 46.2 cm³/mol. The molecule has 0 spiro atoms. The molecule has 0 aliphatic carbocycles. The first-order chi connectivity index (χ1) is 5.59. The molecule has 4 nitrogen and oxygen atoms in total. The number of aldehydes is 1. The van der Waals surface area contributed by atoms with Crippen LogP contribution < -0.4 is 0 Å². The average Bonchev–Trinajstić information content (AvgIpc) is 2.08. The molecular formula is C8H16O4Y2-2. The minimum absolute atomic E-state index is 0. The van der Waals surface area contributed by atoms with E-state index in [1.54, 1.807) is 6.92 Å². The van der Waals surface area contributed by atoms with Crippen LogP contribution in [0.5, 0.6) is 0 Å². The van der Waals surface area contributed by atoms with Gasteiger partial charge in [0.25, 0.3) is 0 Å². The Balaban J connectivity index is -0.0000000337. The van der Waals surface area contributed by atoms with E-state index in [9.17, 15) is 0 Å². The Morgan fingerprint density at radius 3 is 1.57 bits per heavy atom. The summed E-state index contributed by atoms with van der Waals surface area (Å²) >= 11 is 0. The predicted octanol–water partition coefficient (Wildman–Crippen LogP) is -0.122. The molecule has 14 heavy (non-hydrogen) atoms. The van der Waals surface area contributed by atoms with Crippen molar-refractivity contribution in [2.75, 3.05) is 0 Å². The average molecular weight is 354 g/mol. The molecule has 0 aromatic rings. The summed E-state index contributed by atoms with van der Waals surface area (Å²) in [5.74, 6) is 0. The molecule has 80 valence electrons. The monoisotopic (exact) mass is 354 g/mol. The third-order valence-electron chi connectivity index (χ3n) is 0.862. The van der Waals surface area contributed by atoms with Crippen LogP contribution in [-0.4, -0.2) is 35.5 Å². The smallest absolute Gasteiger partial charge is 0.116 e. The second-order valence-electron chi connectivity index (χ2n) is 1.78. The van der Waals surface area contributed by atoms with Gasteiger partial charge in [-0.1, -0.05) is 6.92 Å². The van der Waals surface area contributed by atoms with Crippen molar-refractivity contribution in [2.24, 2.45) is 0 Å². The van der Waals surface area contributed by atoms with Crippen molar-refractivity contribution in [3.05, 3.63) is 6.92 Å². The Bertz CT molecular complexity index is 91.4. The second-order valence-corrected chi connectivity index (χ2v) is 1.78. The summed E-state index contributed by atoms with van der Waals surface area (Å²) in [5.41, 5.74) is 0. The van der Waals surface area contributed by atoms with Gasteiger partial charge in [-0.15, -0.1) is 0 Å². The van der Waals surface area contributed by atoms with Crippen molar-refractivity contribution in [1.29, 1.82) is 0 Å². The fourth-order valence-corrected chi connectivity index (χ4v) is 0.272. The summed E-state index contributed by atoms with van der Waals surface area (Å²) in [4.78, 5) is 16.6. The van der Waals surface area contributed by atoms with Crippen LogP contribution in [0.3, 0.4) is 0 Å². The van der Waals surface area contributed by atoms with E-state index in [1.807, 2.05) is 0 Å². The summed E-state index contributed by atoms with van der Waals surface area (Å²) < 4.78 is 0. The zero-order valence-corrected chi connectivity index (χ0v) is 14.3. The molecule has 0 saturated heterocycles.